The van der Waals surface area contributed by atoms with E-state index in [1.807, 2.05) is 0 Å². The van der Waals surface area contributed by atoms with Crippen molar-refractivity contribution in [3.05, 3.63) is 4.77 Å². The fourth-order valence-electron chi connectivity index (χ4n) is 1.82. The lowest BCUT2D eigenvalue weighted by atomic mass is 10.2. The van der Waals surface area contributed by atoms with E-state index in [0.717, 1.165) is 36.7 Å². The minimum absolute atomic E-state index is 0.491. The van der Waals surface area contributed by atoms with Crippen LogP contribution in [0.25, 0.3) is 0 Å². The van der Waals surface area contributed by atoms with Gasteiger partial charge in [0.1, 0.15) is 0 Å². The van der Waals surface area contributed by atoms with Crippen LogP contribution in [0, 0.1) is 4.77 Å². The second-order valence-corrected chi connectivity index (χ2v) is 4.41. The van der Waals surface area contributed by atoms with Crippen LogP contribution >= 0.6 is 12.2 Å². The molecule has 1 rings (SSSR count). The summed E-state index contributed by atoms with van der Waals surface area (Å²) in [6.07, 6.45) is 2.18. The summed E-state index contributed by atoms with van der Waals surface area (Å²) in [6, 6.07) is 0.491. The summed E-state index contributed by atoms with van der Waals surface area (Å²) in [5, 5.41) is 7.24. The molecule has 0 aliphatic heterocycles. The van der Waals surface area contributed by atoms with Crippen LogP contribution in [0.1, 0.15) is 40.5 Å². The quantitative estimate of drug-likeness (QED) is 0.779. The van der Waals surface area contributed by atoms with Gasteiger partial charge in [-0.3, -0.25) is 4.57 Å². The zero-order valence-corrected chi connectivity index (χ0v) is 11.5. The van der Waals surface area contributed by atoms with Gasteiger partial charge >= 0.3 is 0 Å². The van der Waals surface area contributed by atoms with Crippen molar-refractivity contribution < 1.29 is 0 Å². The first kappa shape index (κ1) is 13.2. The number of rotatable bonds is 6. The second kappa shape index (κ2) is 6.03. The summed E-state index contributed by atoms with van der Waals surface area (Å²) in [7, 11) is 0. The number of hydrogen-bond acceptors (Lipinski definition) is 3. The average Bonchev–Trinajstić information content (AvgIpc) is 2.63. The molecule has 0 fully saturated rings. The SMILES string of the molecule is CCCn1c(N(CC)C(C)CC)n[nH]c1=S. The zero-order valence-electron chi connectivity index (χ0n) is 10.7. The van der Waals surface area contributed by atoms with E-state index in [1.54, 1.807) is 0 Å². The van der Waals surface area contributed by atoms with E-state index < -0.39 is 0 Å². The third-order valence-electron chi connectivity index (χ3n) is 2.91. The lowest BCUT2D eigenvalue weighted by Gasteiger charge is -2.28. The highest BCUT2D eigenvalue weighted by Gasteiger charge is 2.17. The van der Waals surface area contributed by atoms with Crippen LogP contribution in [-0.2, 0) is 6.54 Å². The van der Waals surface area contributed by atoms with Crippen LogP contribution in [0.15, 0.2) is 0 Å². The van der Waals surface area contributed by atoms with Gasteiger partial charge in [-0.25, -0.2) is 5.10 Å². The van der Waals surface area contributed by atoms with Crippen LogP contribution in [0.3, 0.4) is 0 Å². The van der Waals surface area contributed by atoms with Gasteiger partial charge in [0.2, 0.25) is 5.95 Å². The summed E-state index contributed by atoms with van der Waals surface area (Å²) in [5.41, 5.74) is 0. The molecule has 0 spiro atoms. The van der Waals surface area contributed by atoms with Crippen molar-refractivity contribution in [2.45, 2.75) is 53.1 Å². The molecule has 1 unspecified atom stereocenters. The number of hydrogen-bond donors (Lipinski definition) is 1. The molecule has 0 bridgehead atoms. The van der Waals surface area contributed by atoms with E-state index in [9.17, 15) is 0 Å². The molecule has 16 heavy (non-hydrogen) atoms. The Morgan fingerprint density at radius 3 is 2.62 bits per heavy atom. The molecule has 1 atom stereocenters. The fraction of sp³-hybridized carbons (Fsp3) is 0.818. The molecule has 0 aliphatic rings. The molecule has 0 amide bonds. The standard InChI is InChI=1S/C11H22N4S/c1-5-8-15-10(12-13-11(15)16)14(7-3)9(4)6-2/h9H,5-8H2,1-4H3,(H,13,16). The molecule has 92 valence electrons. The van der Waals surface area contributed by atoms with Crippen LogP contribution in [-0.4, -0.2) is 27.4 Å². The number of aromatic amines is 1. The molecule has 0 saturated heterocycles. The Labute approximate surface area is 103 Å². The van der Waals surface area contributed by atoms with Crippen LogP contribution < -0.4 is 4.90 Å². The maximum absolute atomic E-state index is 5.25. The van der Waals surface area contributed by atoms with E-state index in [4.69, 9.17) is 12.2 Å². The van der Waals surface area contributed by atoms with Crippen molar-refractivity contribution in [2.24, 2.45) is 0 Å². The zero-order chi connectivity index (χ0) is 12.1. The average molecular weight is 242 g/mol. The largest absolute Gasteiger partial charge is 0.339 e. The normalized spacial score (nSPS) is 12.8. The number of anilines is 1. The van der Waals surface area contributed by atoms with Crippen LogP contribution in [0.4, 0.5) is 5.95 Å². The first-order valence-electron chi connectivity index (χ1n) is 6.07. The van der Waals surface area contributed by atoms with Crippen LogP contribution in [0.5, 0.6) is 0 Å². The Bertz CT molecular complexity index is 368. The van der Waals surface area contributed by atoms with Gasteiger partial charge in [-0.1, -0.05) is 13.8 Å². The lowest BCUT2D eigenvalue weighted by Crippen LogP contribution is -2.34. The summed E-state index contributed by atoms with van der Waals surface area (Å²) < 4.78 is 2.81. The molecule has 1 N–H and O–H groups in total. The molecule has 0 saturated carbocycles. The maximum Gasteiger partial charge on any atom is 0.225 e. The summed E-state index contributed by atoms with van der Waals surface area (Å²) in [6.45, 7) is 10.6. The van der Waals surface area contributed by atoms with Gasteiger partial charge in [0.15, 0.2) is 4.77 Å². The fourth-order valence-corrected chi connectivity index (χ4v) is 2.04. The molecule has 0 aromatic carbocycles. The highest BCUT2D eigenvalue weighted by Crippen LogP contribution is 2.16. The highest BCUT2D eigenvalue weighted by molar-refractivity contribution is 7.71. The van der Waals surface area contributed by atoms with Crippen molar-refractivity contribution in [3.8, 4) is 0 Å². The van der Waals surface area contributed by atoms with E-state index in [1.165, 1.54) is 0 Å². The van der Waals surface area contributed by atoms with Crippen molar-refractivity contribution in [1.29, 1.82) is 0 Å². The number of nitrogens with one attached hydrogen (secondary N) is 1. The molecule has 0 aliphatic carbocycles. The smallest absolute Gasteiger partial charge is 0.225 e. The van der Waals surface area contributed by atoms with Gasteiger partial charge in [0.25, 0.3) is 0 Å². The Balaban J connectivity index is 3.04. The molecule has 1 aromatic rings. The van der Waals surface area contributed by atoms with E-state index in [-0.39, 0.29) is 0 Å². The monoisotopic (exact) mass is 242 g/mol. The Morgan fingerprint density at radius 1 is 1.44 bits per heavy atom. The topological polar surface area (TPSA) is 36.9 Å². The molecule has 0 radical (unpaired) electrons. The molecule has 1 heterocycles. The van der Waals surface area contributed by atoms with Gasteiger partial charge in [0.05, 0.1) is 0 Å². The Morgan fingerprint density at radius 2 is 2.12 bits per heavy atom. The van der Waals surface area contributed by atoms with E-state index >= 15 is 0 Å². The second-order valence-electron chi connectivity index (χ2n) is 4.02. The van der Waals surface area contributed by atoms with Crippen molar-refractivity contribution in [3.63, 3.8) is 0 Å². The summed E-state index contributed by atoms with van der Waals surface area (Å²) in [5.74, 6) is 0.976. The first-order chi connectivity index (χ1) is 7.65. The van der Waals surface area contributed by atoms with Crippen molar-refractivity contribution in [2.75, 3.05) is 11.4 Å². The molecular weight excluding hydrogens is 220 g/mol. The van der Waals surface area contributed by atoms with Gasteiger partial charge in [-0.05, 0) is 38.9 Å². The first-order valence-corrected chi connectivity index (χ1v) is 6.48. The maximum atomic E-state index is 5.25. The van der Waals surface area contributed by atoms with Crippen molar-refractivity contribution >= 4 is 18.2 Å². The lowest BCUT2D eigenvalue weighted by molar-refractivity contribution is 0.580. The van der Waals surface area contributed by atoms with Gasteiger partial charge in [-0.15, -0.1) is 5.10 Å². The summed E-state index contributed by atoms with van der Waals surface area (Å²) in [4.78, 5) is 2.29. The Kier molecular flexibility index (Phi) is 4.99. The highest BCUT2D eigenvalue weighted by atomic mass is 32.1. The van der Waals surface area contributed by atoms with Crippen LogP contribution in [0.2, 0.25) is 0 Å². The van der Waals surface area contributed by atoms with Gasteiger partial charge in [-0.2, -0.15) is 0 Å². The van der Waals surface area contributed by atoms with E-state index in [0.29, 0.717) is 6.04 Å². The molecule has 5 heteroatoms. The van der Waals surface area contributed by atoms with Gasteiger partial charge in [0, 0.05) is 19.1 Å². The predicted octanol–water partition coefficient (Wildman–Crippen LogP) is 2.98. The molecule has 4 nitrogen and oxygen atoms in total. The Hall–Kier alpha value is -0.840. The van der Waals surface area contributed by atoms with Crippen molar-refractivity contribution in [1.82, 2.24) is 14.8 Å². The summed E-state index contributed by atoms with van der Waals surface area (Å²) >= 11 is 5.25. The minimum atomic E-state index is 0.491. The number of aromatic nitrogens is 3. The van der Waals surface area contributed by atoms with Gasteiger partial charge < -0.3 is 4.90 Å². The number of nitrogens with zero attached hydrogens (tertiary/aromatic N) is 3. The molecular formula is C11H22N4S. The molecule has 1 aromatic heterocycles. The predicted molar refractivity (Wildman–Crippen MR) is 70.5 cm³/mol. The number of H-pyrrole nitrogens is 1. The third kappa shape index (κ3) is 2.64. The van der Waals surface area contributed by atoms with E-state index in [2.05, 4.69) is 47.4 Å². The third-order valence-corrected chi connectivity index (χ3v) is 3.22. The minimum Gasteiger partial charge on any atom is -0.339 e.